The summed E-state index contributed by atoms with van der Waals surface area (Å²) in [5.41, 5.74) is 2.88. The summed E-state index contributed by atoms with van der Waals surface area (Å²) in [7, 11) is 3.30. The lowest BCUT2D eigenvalue weighted by Crippen LogP contribution is -2.26. The molecule has 0 aliphatic rings. The van der Waals surface area contributed by atoms with Gasteiger partial charge in [0.05, 0.1) is 11.9 Å². The minimum Gasteiger partial charge on any atom is -0.486 e. The molecule has 1 N–H and O–H groups in total. The Balaban J connectivity index is 1.70. The molecule has 30 heavy (non-hydrogen) atoms. The minimum absolute atomic E-state index is 0.126. The van der Waals surface area contributed by atoms with E-state index in [0.29, 0.717) is 23.7 Å². The average molecular weight is 410 g/mol. The van der Waals surface area contributed by atoms with Gasteiger partial charge >= 0.3 is 0 Å². The molecule has 0 atom stereocenters. The van der Waals surface area contributed by atoms with Gasteiger partial charge in [0.15, 0.2) is 5.76 Å². The van der Waals surface area contributed by atoms with Crippen molar-refractivity contribution in [2.75, 3.05) is 19.4 Å². The van der Waals surface area contributed by atoms with Crippen LogP contribution in [-0.2, 0) is 13.2 Å². The van der Waals surface area contributed by atoms with Gasteiger partial charge in [-0.1, -0.05) is 6.07 Å². The second-order valence-electron chi connectivity index (χ2n) is 7.25. The Morgan fingerprint density at radius 2 is 1.87 bits per heavy atom. The summed E-state index contributed by atoms with van der Waals surface area (Å²) in [6, 6.07) is 9.22. The number of rotatable bonds is 7. The Morgan fingerprint density at radius 3 is 2.50 bits per heavy atom. The number of carbonyl (C=O) groups excluding carboxylic acids is 2. The van der Waals surface area contributed by atoms with Gasteiger partial charge in [0.2, 0.25) is 0 Å². The fraction of sp³-hybridized carbons (Fsp3) is 0.318. The SMILES string of the molecule is CCn1ncc(NC(=O)c2ccc(COc3cc(C)cc(C)c3)o2)c1C(=O)N(C)C. The molecule has 2 heterocycles. The van der Waals surface area contributed by atoms with Gasteiger partial charge in [-0.2, -0.15) is 5.10 Å². The van der Waals surface area contributed by atoms with E-state index in [0.717, 1.165) is 16.9 Å². The topological polar surface area (TPSA) is 89.6 Å². The quantitative estimate of drug-likeness (QED) is 0.642. The molecule has 0 saturated heterocycles. The van der Waals surface area contributed by atoms with E-state index in [1.807, 2.05) is 32.9 Å². The molecule has 3 rings (SSSR count). The van der Waals surface area contributed by atoms with Gasteiger partial charge in [-0.25, -0.2) is 0 Å². The second-order valence-corrected chi connectivity index (χ2v) is 7.25. The summed E-state index contributed by atoms with van der Waals surface area (Å²) in [6.45, 7) is 6.59. The maximum atomic E-state index is 12.6. The third kappa shape index (κ3) is 4.71. The van der Waals surface area contributed by atoms with E-state index in [1.54, 1.807) is 30.9 Å². The molecule has 0 aliphatic carbocycles. The molecule has 158 valence electrons. The molecule has 0 radical (unpaired) electrons. The van der Waals surface area contributed by atoms with Crippen LogP contribution in [0.5, 0.6) is 5.75 Å². The van der Waals surface area contributed by atoms with Gasteiger partial charge in [0, 0.05) is 20.6 Å². The molecule has 2 amide bonds. The maximum absolute atomic E-state index is 12.6. The van der Waals surface area contributed by atoms with Crippen LogP contribution in [0.3, 0.4) is 0 Å². The van der Waals surface area contributed by atoms with Crippen molar-refractivity contribution in [2.24, 2.45) is 0 Å². The molecule has 3 aromatic rings. The summed E-state index contributed by atoms with van der Waals surface area (Å²) in [5, 5.41) is 6.89. The second kappa shape index (κ2) is 8.86. The molecule has 0 unspecified atom stereocenters. The molecule has 0 spiro atoms. The van der Waals surface area contributed by atoms with E-state index in [9.17, 15) is 9.59 Å². The first-order chi connectivity index (χ1) is 14.3. The molecular weight excluding hydrogens is 384 g/mol. The number of aryl methyl sites for hydroxylation is 3. The number of hydrogen-bond acceptors (Lipinski definition) is 5. The number of anilines is 1. The van der Waals surface area contributed by atoms with Crippen molar-refractivity contribution in [3.63, 3.8) is 0 Å². The van der Waals surface area contributed by atoms with Crippen LogP contribution in [0.15, 0.2) is 40.9 Å². The zero-order valence-electron chi connectivity index (χ0n) is 17.9. The van der Waals surface area contributed by atoms with Crippen molar-refractivity contribution >= 4 is 17.5 Å². The lowest BCUT2D eigenvalue weighted by atomic mass is 10.1. The van der Waals surface area contributed by atoms with E-state index in [-0.39, 0.29) is 18.3 Å². The van der Waals surface area contributed by atoms with Gasteiger partial charge < -0.3 is 19.4 Å². The van der Waals surface area contributed by atoms with E-state index in [2.05, 4.69) is 16.5 Å². The van der Waals surface area contributed by atoms with Crippen molar-refractivity contribution in [1.29, 1.82) is 0 Å². The normalized spacial score (nSPS) is 10.7. The van der Waals surface area contributed by atoms with Crippen molar-refractivity contribution in [3.8, 4) is 5.75 Å². The molecule has 0 aliphatic heterocycles. The van der Waals surface area contributed by atoms with Gasteiger partial charge in [-0.3, -0.25) is 14.3 Å². The molecule has 0 bridgehead atoms. The van der Waals surface area contributed by atoms with Crippen LogP contribution in [0.1, 0.15) is 44.9 Å². The van der Waals surface area contributed by atoms with Crippen molar-refractivity contribution in [1.82, 2.24) is 14.7 Å². The predicted molar refractivity (Wildman–Crippen MR) is 113 cm³/mol. The fourth-order valence-electron chi connectivity index (χ4n) is 3.09. The number of nitrogens with one attached hydrogen (secondary N) is 1. The van der Waals surface area contributed by atoms with Crippen LogP contribution in [0.2, 0.25) is 0 Å². The fourth-order valence-corrected chi connectivity index (χ4v) is 3.09. The average Bonchev–Trinajstić information content (AvgIpc) is 3.31. The number of benzene rings is 1. The Bertz CT molecular complexity index is 1040. The number of aromatic nitrogens is 2. The van der Waals surface area contributed by atoms with E-state index in [1.165, 1.54) is 11.1 Å². The standard InChI is InChI=1S/C22H26N4O4/c1-6-26-20(22(28)25(4)5)18(12-23-26)24-21(27)19-8-7-16(30-19)13-29-17-10-14(2)9-15(3)11-17/h7-12H,6,13H2,1-5H3,(H,24,27). The first-order valence-electron chi connectivity index (χ1n) is 9.67. The van der Waals surface area contributed by atoms with Crippen molar-refractivity contribution in [2.45, 2.75) is 33.9 Å². The minimum atomic E-state index is -0.462. The first-order valence-corrected chi connectivity index (χ1v) is 9.67. The monoisotopic (exact) mass is 410 g/mol. The largest absolute Gasteiger partial charge is 0.486 e. The molecule has 0 saturated carbocycles. The van der Waals surface area contributed by atoms with E-state index in [4.69, 9.17) is 9.15 Å². The number of furan rings is 1. The summed E-state index contributed by atoms with van der Waals surface area (Å²) < 4.78 is 12.9. The van der Waals surface area contributed by atoms with E-state index >= 15 is 0 Å². The molecule has 2 aromatic heterocycles. The highest BCUT2D eigenvalue weighted by atomic mass is 16.5. The molecule has 0 fully saturated rings. The lowest BCUT2D eigenvalue weighted by molar-refractivity contribution is 0.0816. The zero-order chi connectivity index (χ0) is 21.8. The molecule has 1 aromatic carbocycles. The van der Waals surface area contributed by atoms with Crippen molar-refractivity contribution in [3.05, 3.63) is 64.9 Å². The molecule has 8 heteroatoms. The Kier molecular flexibility index (Phi) is 6.25. The third-order valence-electron chi connectivity index (χ3n) is 4.46. The summed E-state index contributed by atoms with van der Waals surface area (Å²) in [4.78, 5) is 26.5. The predicted octanol–water partition coefficient (Wildman–Crippen LogP) is 3.65. The summed E-state index contributed by atoms with van der Waals surface area (Å²) in [5.74, 6) is 0.686. The Labute approximate surface area is 175 Å². The highest BCUT2D eigenvalue weighted by Crippen LogP contribution is 2.20. The summed E-state index contributed by atoms with van der Waals surface area (Å²) in [6.07, 6.45) is 1.46. The summed E-state index contributed by atoms with van der Waals surface area (Å²) >= 11 is 0. The smallest absolute Gasteiger partial charge is 0.291 e. The number of amides is 2. The van der Waals surface area contributed by atoms with Gasteiger partial charge in [-0.05, 0) is 56.2 Å². The Morgan fingerprint density at radius 1 is 1.17 bits per heavy atom. The molecule has 8 nitrogen and oxygen atoms in total. The zero-order valence-corrected chi connectivity index (χ0v) is 17.9. The maximum Gasteiger partial charge on any atom is 0.291 e. The highest BCUT2D eigenvalue weighted by molar-refractivity contribution is 6.07. The number of nitrogens with zero attached hydrogens (tertiary/aromatic N) is 3. The van der Waals surface area contributed by atoms with Crippen LogP contribution in [0, 0.1) is 13.8 Å². The lowest BCUT2D eigenvalue weighted by Gasteiger charge is -2.13. The van der Waals surface area contributed by atoms with Gasteiger partial charge in [-0.15, -0.1) is 0 Å². The number of ether oxygens (including phenoxy) is 1. The van der Waals surface area contributed by atoms with Crippen LogP contribution >= 0.6 is 0 Å². The van der Waals surface area contributed by atoms with Gasteiger partial charge in [0.1, 0.15) is 23.8 Å². The van der Waals surface area contributed by atoms with Crippen LogP contribution in [0.4, 0.5) is 5.69 Å². The number of carbonyl (C=O) groups is 2. The first kappa shape index (κ1) is 21.2. The highest BCUT2D eigenvalue weighted by Gasteiger charge is 2.22. The van der Waals surface area contributed by atoms with Gasteiger partial charge in [0.25, 0.3) is 11.8 Å². The van der Waals surface area contributed by atoms with Crippen molar-refractivity contribution < 1.29 is 18.7 Å². The third-order valence-corrected chi connectivity index (χ3v) is 4.46. The van der Waals surface area contributed by atoms with E-state index < -0.39 is 5.91 Å². The van der Waals surface area contributed by atoms with Crippen LogP contribution < -0.4 is 10.1 Å². The van der Waals surface area contributed by atoms with Crippen LogP contribution in [-0.4, -0.2) is 40.6 Å². The van der Waals surface area contributed by atoms with Crippen LogP contribution in [0.25, 0.3) is 0 Å². The number of hydrogen-bond donors (Lipinski definition) is 1. The molecular formula is C22H26N4O4. The Hall–Kier alpha value is -3.55.